The van der Waals surface area contributed by atoms with Gasteiger partial charge in [-0.3, -0.25) is 4.79 Å². The highest BCUT2D eigenvalue weighted by Crippen LogP contribution is 2.48. The topological polar surface area (TPSA) is 64.3 Å². The van der Waals surface area contributed by atoms with Gasteiger partial charge in [-0.1, -0.05) is 26.3 Å². The normalized spacial score (nSPS) is 27.2. The zero-order valence-electron chi connectivity index (χ0n) is 14.9. The summed E-state index contributed by atoms with van der Waals surface area (Å²) in [5.41, 5.74) is 5.62. The Balaban J connectivity index is 2.54. The number of benzene rings is 1. The summed E-state index contributed by atoms with van der Waals surface area (Å²) in [7, 11) is 0. The van der Waals surface area contributed by atoms with E-state index in [1.54, 1.807) is 12.1 Å². The smallest absolute Gasteiger partial charge is 0.251 e. The first-order valence-electron chi connectivity index (χ1n) is 8.91. The van der Waals surface area contributed by atoms with Gasteiger partial charge in [-0.15, -0.1) is 0 Å². The molecular weight excluding hydrogens is 307 g/mol. The minimum absolute atomic E-state index is 0.0634. The highest BCUT2D eigenvalue weighted by atomic mass is 19.1. The summed E-state index contributed by atoms with van der Waals surface area (Å²) in [6.45, 7) is 8.54. The Morgan fingerprint density at radius 3 is 2.79 bits per heavy atom. The third-order valence-corrected chi connectivity index (χ3v) is 5.24. The summed E-state index contributed by atoms with van der Waals surface area (Å²) in [5, 5.41) is 3.42. The average molecular weight is 336 g/mol. The Hall–Kier alpha value is -1.46. The van der Waals surface area contributed by atoms with Crippen LogP contribution in [-0.4, -0.2) is 25.6 Å². The van der Waals surface area contributed by atoms with Crippen LogP contribution in [0.4, 0.5) is 4.39 Å². The molecule has 1 fully saturated rings. The van der Waals surface area contributed by atoms with Crippen molar-refractivity contribution in [3.05, 3.63) is 35.1 Å². The van der Waals surface area contributed by atoms with Crippen LogP contribution in [0.2, 0.25) is 0 Å². The van der Waals surface area contributed by atoms with Crippen molar-refractivity contribution in [3.8, 4) is 0 Å². The van der Waals surface area contributed by atoms with Crippen LogP contribution >= 0.6 is 0 Å². The molecule has 1 saturated carbocycles. The molecule has 3 atom stereocenters. The largest absolute Gasteiger partial charge is 0.370 e. The maximum Gasteiger partial charge on any atom is 0.251 e. The predicted molar refractivity (Wildman–Crippen MR) is 93.3 cm³/mol. The molecular formula is C19H29FN2O2. The van der Waals surface area contributed by atoms with Crippen molar-refractivity contribution in [2.45, 2.75) is 45.6 Å². The van der Waals surface area contributed by atoms with E-state index in [4.69, 9.17) is 10.5 Å². The minimum Gasteiger partial charge on any atom is -0.370 e. The molecule has 1 amide bonds. The lowest BCUT2D eigenvalue weighted by Gasteiger charge is -2.49. The van der Waals surface area contributed by atoms with Gasteiger partial charge in [0.25, 0.3) is 5.91 Å². The second-order valence-electron chi connectivity index (χ2n) is 6.62. The summed E-state index contributed by atoms with van der Waals surface area (Å²) in [4.78, 5) is 11.6. The molecule has 134 valence electrons. The number of primary amides is 1. The van der Waals surface area contributed by atoms with Crippen LogP contribution in [0.1, 0.15) is 56.0 Å². The zero-order chi connectivity index (χ0) is 17.7. The molecule has 1 aromatic rings. The van der Waals surface area contributed by atoms with Crippen molar-refractivity contribution < 1.29 is 13.9 Å². The number of carbonyl (C=O) groups excluding carboxylic acids is 1. The first-order chi connectivity index (χ1) is 11.5. The van der Waals surface area contributed by atoms with Gasteiger partial charge in [0.2, 0.25) is 0 Å². The molecule has 24 heavy (non-hydrogen) atoms. The number of carbonyl (C=O) groups is 1. The lowest BCUT2D eigenvalue weighted by atomic mass is 9.65. The molecule has 1 aliphatic rings. The van der Waals surface area contributed by atoms with Crippen LogP contribution in [0.15, 0.2) is 18.2 Å². The lowest BCUT2D eigenvalue weighted by molar-refractivity contribution is -0.144. The second kappa shape index (κ2) is 8.08. The van der Waals surface area contributed by atoms with Gasteiger partial charge in [0, 0.05) is 19.1 Å². The summed E-state index contributed by atoms with van der Waals surface area (Å²) >= 11 is 0. The first-order valence-corrected chi connectivity index (χ1v) is 8.91. The van der Waals surface area contributed by atoms with E-state index >= 15 is 0 Å². The van der Waals surface area contributed by atoms with E-state index in [2.05, 4.69) is 19.2 Å². The van der Waals surface area contributed by atoms with Crippen molar-refractivity contribution in [2.75, 3.05) is 19.7 Å². The number of hydrogen-bond acceptors (Lipinski definition) is 3. The quantitative estimate of drug-likeness (QED) is 0.804. The fraction of sp³-hybridized carbons (Fsp3) is 0.632. The van der Waals surface area contributed by atoms with Crippen molar-refractivity contribution in [3.63, 3.8) is 0 Å². The number of ether oxygens (including phenoxy) is 1. The molecule has 4 nitrogen and oxygen atoms in total. The Bertz CT molecular complexity index is 578. The summed E-state index contributed by atoms with van der Waals surface area (Å²) in [5.74, 6) is -0.773. The molecule has 1 aromatic carbocycles. The van der Waals surface area contributed by atoms with E-state index in [1.807, 2.05) is 6.92 Å². The molecule has 0 bridgehead atoms. The van der Waals surface area contributed by atoms with Gasteiger partial charge in [-0.2, -0.15) is 0 Å². The molecule has 0 spiro atoms. The molecule has 2 rings (SSSR count). The third-order valence-electron chi connectivity index (χ3n) is 5.24. The Morgan fingerprint density at radius 2 is 2.17 bits per heavy atom. The van der Waals surface area contributed by atoms with Crippen molar-refractivity contribution >= 4 is 5.91 Å². The summed E-state index contributed by atoms with van der Waals surface area (Å²) < 4.78 is 20.3. The van der Waals surface area contributed by atoms with Gasteiger partial charge in [-0.25, -0.2) is 4.39 Å². The lowest BCUT2D eigenvalue weighted by Crippen LogP contribution is -2.50. The molecule has 3 N–H and O–H groups in total. The molecule has 0 heterocycles. The van der Waals surface area contributed by atoms with Crippen molar-refractivity contribution in [1.29, 1.82) is 0 Å². The number of hydrogen-bond donors (Lipinski definition) is 2. The van der Waals surface area contributed by atoms with E-state index in [0.717, 1.165) is 37.9 Å². The Kier molecular flexibility index (Phi) is 6.35. The van der Waals surface area contributed by atoms with Gasteiger partial charge < -0.3 is 15.8 Å². The Labute approximate surface area is 144 Å². The maximum absolute atomic E-state index is 13.9. The highest BCUT2D eigenvalue weighted by molar-refractivity contribution is 5.93. The molecule has 0 aliphatic heterocycles. The van der Waals surface area contributed by atoms with Crippen molar-refractivity contribution in [1.82, 2.24) is 5.32 Å². The van der Waals surface area contributed by atoms with Crippen LogP contribution < -0.4 is 11.1 Å². The van der Waals surface area contributed by atoms with Crippen LogP contribution in [0.5, 0.6) is 0 Å². The van der Waals surface area contributed by atoms with Crippen LogP contribution in [0, 0.1) is 17.7 Å². The van der Waals surface area contributed by atoms with E-state index in [-0.39, 0.29) is 17.4 Å². The number of amides is 1. The van der Waals surface area contributed by atoms with Gasteiger partial charge >= 0.3 is 0 Å². The fourth-order valence-corrected chi connectivity index (χ4v) is 4.13. The molecule has 0 radical (unpaired) electrons. The molecule has 0 saturated heterocycles. The predicted octanol–water partition coefficient (Wildman–Crippen LogP) is 3.20. The molecule has 3 unspecified atom stereocenters. The number of rotatable bonds is 7. The fourth-order valence-electron chi connectivity index (χ4n) is 4.13. The summed E-state index contributed by atoms with van der Waals surface area (Å²) in [6.07, 6.45) is 3.24. The SMILES string of the molecule is CCNCC1CCCC(C)C1(OCC)c1ccc(F)c(C(N)=O)c1. The van der Waals surface area contributed by atoms with Crippen molar-refractivity contribution in [2.24, 2.45) is 17.6 Å². The molecule has 5 heteroatoms. The van der Waals surface area contributed by atoms with E-state index in [0.29, 0.717) is 6.61 Å². The highest BCUT2D eigenvalue weighted by Gasteiger charge is 2.48. The Morgan fingerprint density at radius 1 is 1.42 bits per heavy atom. The minimum atomic E-state index is -0.743. The van der Waals surface area contributed by atoms with Gasteiger partial charge in [-0.05, 0) is 49.9 Å². The van der Waals surface area contributed by atoms with Gasteiger partial charge in [0.1, 0.15) is 5.82 Å². The number of nitrogens with two attached hydrogens (primary N) is 1. The number of nitrogens with one attached hydrogen (secondary N) is 1. The maximum atomic E-state index is 13.9. The number of halogens is 1. The average Bonchev–Trinajstić information content (AvgIpc) is 2.55. The zero-order valence-corrected chi connectivity index (χ0v) is 14.9. The monoisotopic (exact) mass is 336 g/mol. The van der Waals surface area contributed by atoms with Gasteiger partial charge in [0.15, 0.2) is 0 Å². The third kappa shape index (κ3) is 3.47. The molecule has 1 aliphatic carbocycles. The van der Waals surface area contributed by atoms with Gasteiger partial charge in [0.05, 0.1) is 11.2 Å². The van der Waals surface area contributed by atoms with Crippen LogP contribution in [-0.2, 0) is 10.3 Å². The van der Waals surface area contributed by atoms with E-state index < -0.39 is 17.3 Å². The van der Waals surface area contributed by atoms with Crippen LogP contribution in [0.3, 0.4) is 0 Å². The summed E-state index contributed by atoms with van der Waals surface area (Å²) in [6, 6.07) is 4.67. The van der Waals surface area contributed by atoms with Crippen LogP contribution in [0.25, 0.3) is 0 Å². The second-order valence-corrected chi connectivity index (χ2v) is 6.62. The first kappa shape index (κ1) is 18.9. The van der Waals surface area contributed by atoms with E-state index in [9.17, 15) is 9.18 Å². The molecule has 0 aromatic heterocycles. The standard InChI is InChI=1S/C19H29FN2O2/c1-4-22-12-15-8-6-7-13(3)19(15,24-5-2)14-9-10-17(20)16(11-14)18(21)23/h9-11,13,15,22H,4-8,12H2,1-3H3,(H2,21,23). The van der Waals surface area contributed by atoms with E-state index in [1.165, 1.54) is 6.07 Å².